The van der Waals surface area contributed by atoms with Crippen LogP contribution in [0.3, 0.4) is 0 Å². The number of carbonyl (C=O) groups excluding carboxylic acids is 2. The number of fused-ring (bicyclic) bond motifs is 1. The van der Waals surface area contributed by atoms with Crippen LogP contribution in [0.15, 0.2) is 84.2 Å². The second-order valence-electron chi connectivity index (χ2n) is 7.67. The number of urea groups is 1. The quantitative estimate of drug-likeness (QED) is 0.642. The van der Waals surface area contributed by atoms with Gasteiger partial charge >= 0.3 is 12.0 Å². The molecule has 2 aliphatic rings. The lowest BCUT2D eigenvalue weighted by atomic mass is 10.1. The fourth-order valence-corrected chi connectivity index (χ4v) is 4.05. The summed E-state index contributed by atoms with van der Waals surface area (Å²) in [7, 11) is 1.34. The van der Waals surface area contributed by atoms with Gasteiger partial charge in [0.1, 0.15) is 5.82 Å². The van der Waals surface area contributed by atoms with Crippen LogP contribution in [0.5, 0.6) is 0 Å². The van der Waals surface area contributed by atoms with E-state index in [0.29, 0.717) is 30.9 Å². The van der Waals surface area contributed by atoms with E-state index in [0.717, 1.165) is 28.0 Å². The zero-order valence-electron chi connectivity index (χ0n) is 17.6. The monoisotopic (exact) mass is 426 g/mol. The number of benzene rings is 2. The number of methoxy groups -OCH3 is 1. The number of rotatable bonds is 4. The topological polar surface area (TPSA) is 74.8 Å². The van der Waals surface area contributed by atoms with E-state index in [4.69, 9.17) is 9.72 Å². The van der Waals surface area contributed by atoms with Gasteiger partial charge in [0.05, 0.1) is 42.7 Å². The Kier molecular flexibility index (Phi) is 5.07. The fourth-order valence-electron chi connectivity index (χ4n) is 4.05. The van der Waals surface area contributed by atoms with E-state index >= 15 is 0 Å². The Morgan fingerprint density at radius 2 is 2.00 bits per heavy atom. The van der Waals surface area contributed by atoms with Gasteiger partial charge in [-0.1, -0.05) is 42.5 Å². The van der Waals surface area contributed by atoms with Gasteiger partial charge in [-0.05, 0) is 30.3 Å². The predicted molar refractivity (Wildman–Crippen MR) is 122 cm³/mol. The number of para-hydroxylation sites is 1. The molecule has 1 N–H and O–H groups in total. The number of esters is 1. The summed E-state index contributed by atoms with van der Waals surface area (Å²) < 4.78 is 4.85. The van der Waals surface area contributed by atoms with E-state index in [2.05, 4.69) is 5.32 Å². The molecule has 0 saturated carbocycles. The normalized spacial score (nSPS) is 15.6. The van der Waals surface area contributed by atoms with Crippen molar-refractivity contribution in [1.29, 1.82) is 0 Å². The Balaban J connectivity index is 1.51. The van der Waals surface area contributed by atoms with E-state index in [1.54, 1.807) is 28.0 Å². The Labute approximate surface area is 185 Å². The third-order valence-electron chi connectivity index (χ3n) is 5.59. The summed E-state index contributed by atoms with van der Waals surface area (Å²) in [5, 5.41) is 4.37. The maximum atomic E-state index is 13.6. The molecule has 5 rings (SSSR count). The highest BCUT2D eigenvalue weighted by Crippen LogP contribution is 2.30. The van der Waals surface area contributed by atoms with Crippen molar-refractivity contribution in [3.05, 3.63) is 95.5 Å². The molecule has 0 radical (unpaired) electrons. The van der Waals surface area contributed by atoms with E-state index in [1.165, 1.54) is 7.11 Å². The van der Waals surface area contributed by atoms with Gasteiger partial charge in [-0.25, -0.2) is 14.5 Å². The minimum absolute atomic E-state index is 0.177. The van der Waals surface area contributed by atoms with Crippen LogP contribution in [0.1, 0.15) is 16.1 Å². The zero-order chi connectivity index (χ0) is 22.1. The molecular formula is C25H22N4O3. The van der Waals surface area contributed by atoms with Crippen LogP contribution in [0.2, 0.25) is 0 Å². The summed E-state index contributed by atoms with van der Waals surface area (Å²) in [6.07, 6.45) is 4.07. The van der Waals surface area contributed by atoms with E-state index in [9.17, 15) is 9.59 Å². The van der Waals surface area contributed by atoms with Crippen LogP contribution in [-0.2, 0) is 11.3 Å². The number of pyridine rings is 1. The van der Waals surface area contributed by atoms with Crippen LogP contribution >= 0.6 is 0 Å². The summed E-state index contributed by atoms with van der Waals surface area (Å²) in [4.78, 5) is 33.8. The molecule has 3 heterocycles. The molecule has 7 nitrogen and oxygen atoms in total. The number of nitrogens with zero attached hydrogens (tertiary/aromatic N) is 3. The second kappa shape index (κ2) is 8.19. The Bertz CT molecular complexity index is 1280. The largest absolute Gasteiger partial charge is 0.465 e. The molecule has 160 valence electrons. The standard InChI is InChI=1S/C25H22N4O3/c1-32-24(30)18-7-4-9-21(14-18)29-23-19(8-5-13-26-23)15-28(25(29)31)16-20-12-11-17-6-2-3-10-22(17)27-20/h2-12,14,26H,13,15-16H2,1H3. The Morgan fingerprint density at radius 3 is 2.88 bits per heavy atom. The molecule has 2 aromatic carbocycles. The highest BCUT2D eigenvalue weighted by atomic mass is 16.5. The molecule has 32 heavy (non-hydrogen) atoms. The van der Waals surface area contributed by atoms with E-state index in [-0.39, 0.29) is 6.03 Å². The smallest absolute Gasteiger partial charge is 0.337 e. The average molecular weight is 426 g/mol. The summed E-state index contributed by atoms with van der Waals surface area (Å²) in [6, 6.07) is 18.6. The van der Waals surface area contributed by atoms with Gasteiger partial charge in [0.25, 0.3) is 0 Å². The van der Waals surface area contributed by atoms with Gasteiger partial charge in [0, 0.05) is 17.5 Å². The number of hydrogen-bond acceptors (Lipinski definition) is 5. The minimum Gasteiger partial charge on any atom is -0.465 e. The maximum absolute atomic E-state index is 13.6. The first-order valence-electron chi connectivity index (χ1n) is 10.4. The van der Waals surface area contributed by atoms with Crippen molar-refractivity contribution in [2.75, 3.05) is 25.1 Å². The molecule has 1 aromatic heterocycles. The Hall–Kier alpha value is -4.13. The number of aromatic nitrogens is 1. The number of ether oxygens (including phenoxy) is 1. The number of amides is 2. The van der Waals surface area contributed by atoms with Gasteiger partial charge in [-0.15, -0.1) is 0 Å². The van der Waals surface area contributed by atoms with Gasteiger partial charge in [-0.2, -0.15) is 0 Å². The van der Waals surface area contributed by atoms with Crippen LogP contribution in [-0.4, -0.2) is 42.1 Å². The third-order valence-corrected chi connectivity index (χ3v) is 5.59. The fraction of sp³-hybridized carbons (Fsp3) is 0.160. The lowest BCUT2D eigenvalue weighted by molar-refractivity contribution is 0.0600. The summed E-state index contributed by atoms with van der Waals surface area (Å²) in [5.41, 5.74) is 3.71. The molecule has 2 amide bonds. The van der Waals surface area contributed by atoms with Crippen molar-refractivity contribution in [1.82, 2.24) is 15.2 Å². The van der Waals surface area contributed by atoms with Crippen LogP contribution in [0.4, 0.5) is 10.5 Å². The maximum Gasteiger partial charge on any atom is 0.337 e. The number of carbonyl (C=O) groups is 2. The van der Waals surface area contributed by atoms with Gasteiger partial charge in [-0.3, -0.25) is 4.98 Å². The summed E-state index contributed by atoms with van der Waals surface area (Å²) in [5.74, 6) is 0.293. The first-order chi connectivity index (χ1) is 15.6. The third kappa shape index (κ3) is 3.58. The van der Waals surface area contributed by atoms with Crippen LogP contribution in [0.25, 0.3) is 10.9 Å². The van der Waals surface area contributed by atoms with Crippen molar-refractivity contribution in [3.63, 3.8) is 0 Å². The summed E-state index contributed by atoms with van der Waals surface area (Å²) >= 11 is 0. The molecule has 0 spiro atoms. The molecular weight excluding hydrogens is 404 g/mol. The van der Waals surface area contributed by atoms with Crippen molar-refractivity contribution < 1.29 is 14.3 Å². The molecule has 0 fully saturated rings. The molecule has 2 aliphatic heterocycles. The van der Waals surface area contributed by atoms with Gasteiger partial charge < -0.3 is 15.0 Å². The predicted octanol–water partition coefficient (Wildman–Crippen LogP) is 3.83. The van der Waals surface area contributed by atoms with E-state index in [1.807, 2.05) is 54.6 Å². The molecule has 0 atom stereocenters. The highest BCUT2D eigenvalue weighted by Gasteiger charge is 2.34. The minimum atomic E-state index is -0.445. The lowest BCUT2D eigenvalue weighted by Gasteiger charge is -2.39. The number of dihydropyridines is 1. The van der Waals surface area contributed by atoms with Crippen molar-refractivity contribution in [2.24, 2.45) is 0 Å². The van der Waals surface area contributed by atoms with Gasteiger partial charge in [0.2, 0.25) is 0 Å². The average Bonchev–Trinajstić information content (AvgIpc) is 2.84. The molecule has 3 aromatic rings. The van der Waals surface area contributed by atoms with Crippen LogP contribution in [0, 0.1) is 0 Å². The first kappa shape index (κ1) is 19.8. The van der Waals surface area contributed by atoms with E-state index < -0.39 is 5.97 Å². The van der Waals surface area contributed by atoms with Crippen LogP contribution < -0.4 is 10.2 Å². The molecule has 7 heteroatoms. The van der Waals surface area contributed by atoms with Gasteiger partial charge in [0.15, 0.2) is 0 Å². The van der Waals surface area contributed by atoms with Crippen molar-refractivity contribution >= 4 is 28.6 Å². The first-order valence-corrected chi connectivity index (χ1v) is 10.4. The lowest BCUT2D eigenvalue weighted by Crippen LogP contribution is -2.52. The molecule has 0 aliphatic carbocycles. The highest BCUT2D eigenvalue weighted by molar-refractivity contribution is 5.99. The molecule has 0 saturated heterocycles. The summed E-state index contributed by atoms with van der Waals surface area (Å²) in [6.45, 7) is 1.48. The molecule has 0 unspecified atom stereocenters. The van der Waals surface area contributed by atoms with Crippen molar-refractivity contribution in [3.8, 4) is 0 Å². The Morgan fingerprint density at radius 1 is 1.12 bits per heavy atom. The second-order valence-corrected chi connectivity index (χ2v) is 7.67. The SMILES string of the molecule is COC(=O)c1cccc(N2C(=O)N(Cc3ccc4ccccc4n3)CC3=C2NCC=C3)c1. The van der Waals surface area contributed by atoms with Crippen molar-refractivity contribution in [2.45, 2.75) is 6.54 Å². The number of anilines is 1. The zero-order valence-corrected chi connectivity index (χ0v) is 17.6. The molecule has 0 bridgehead atoms. The number of nitrogens with one attached hydrogen (secondary N) is 1. The number of hydrogen-bond donors (Lipinski definition) is 1.